The summed E-state index contributed by atoms with van der Waals surface area (Å²) in [5.41, 5.74) is -0.102. The Morgan fingerprint density at radius 2 is 2.05 bits per heavy atom. The molecule has 0 bridgehead atoms. The van der Waals surface area contributed by atoms with E-state index in [4.69, 9.17) is 0 Å². The van der Waals surface area contributed by atoms with Gasteiger partial charge in [-0.15, -0.1) is 10.2 Å². The molecule has 2 heterocycles. The van der Waals surface area contributed by atoms with Gasteiger partial charge >= 0.3 is 0 Å². The fourth-order valence-electron chi connectivity index (χ4n) is 1.87. The minimum Gasteiger partial charge on any atom is -0.295 e. The number of nitrogens with one attached hydrogen (secondary N) is 1. The molecule has 0 radical (unpaired) electrons. The molecule has 0 saturated carbocycles. The number of rotatable bonds is 5. The van der Waals surface area contributed by atoms with E-state index in [2.05, 4.69) is 34.5 Å². The van der Waals surface area contributed by atoms with Gasteiger partial charge in [-0.05, 0) is 18.9 Å². The van der Waals surface area contributed by atoms with Crippen molar-refractivity contribution in [2.45, 2.75) is 32.6 Å². The molecule has 2 rings (SSSR count). The number of hydrogen-bond donors (Lipinski definition) is 1. The SMILES string of the molecule is CCC(CC)c1nnc(NC(=O)c2ccc(=O)n(C)n2)s1. The van der Waals surface area contributed by atoms with E-state index >= 15 is 0 Å². The monoisotopic (exact) mass is 307 g/mol. The number of aromatic nitrogens is 4. The second-order valence-electron chi connectivity index (χ2n) is 4.59. The summed E-state index contributed by atoms with van der Waals surface area (Å²) < 4.78 is 1.12. The van der Waals surface area contributed by atoms with Crippen LogP contribution in [0.15, 0.2) is 16.9 Å². The standard InChI is InChI=1S/C13H17N5O2S/c1-4-8(5-2)12-15-16-13(21-12)14-11(20)9-6-7-10(19)18(3)17-9/h6-8H,4-5H2,1-3H3,(H,14,16,20). The van der Waals surface area contributed by atoms with Gasteiger partial charge in [0, 0.05) is 19.0 Å². The van der Waals surface area contributed by atoms with Crippen LogP contribution in [0.5, 0.6) is 0 Å². The Hall–Kier alpha value is -2.09. The first-order valence-electron chi connectivity index (χ1n) is 6.74. The van der Waals surface area contributed by atoms with Gasteiger partial charge in [0.1, 0.15) is 10.7 Å². The Kier molecular flexibility index (Phi) is 4.79. The van der Waals surface area contributed by atoms with Crippen LogP contribution in [0.4, 0.5) is 5.13 Å². The largest absolute Gasteiger partial charge is 0.295 e. The molecule has 21 heavy (non-hydrogen) atoms. The molecular formula is C13H17N5O2S. The van der Waals surface area contributed by atoms with E-state index in [0.29, 0.717) is 11.0 Å². The van der Waals surface area contributed by atoms with Crippen LogP contribution in [0.25, 0.3) is 0 Å². The van der Waals surface area contributed by atoms with E-state index < -0.39 is 5.91 Å². The van der Waals surface area contributed by atoms with Gasteiger partial charge < -0.3 is 0 Å². The highest BCUT2D eigenvalue weighted by Gasteiger charge is 2.16. The smallest absolute Gasteiger partial charge is 0.277 e. The lowest BCUT2D eigenvalue weighted by Crippen LogP contribution is -2.23. The van der Waals surface area contributed by atoms with Crippen LogP contribution in [0.3, 0.4) is 0 Å². The molecule has 0 fully saturated rings. The summed E-state index contributed by atoms with van der Waals surface area (Å²) in [5.74, 6) is -0.0401. The molecule has 2 aromatic heterocycles. The Morgan fingerprint density at radius 3 is 2.67 bits per heavy atom. The van der Waals surface area contributed by atoms with Crippen LogP contribution < -0.4 is 10.9 Å². The zero-order chi connectivity index (χ0) is 15.4. The topological polar surface area (TPSA) is 89.8 Å². The summed E-state index contributed by atoms with van der Waals surface area (Å²) in [7, 11) is 1.50. The Labute approximate surface area is 126 Å². The number of aryl methyl sites for hydroxylation is 1. The van der Waals surface area contributed by atoms with Crippen LogP contribution in [-0.4, -0.2) is 25.9 Å². The summed E-state index contributed by atoms with van der Waals surface area (Å²) in [6, 6.07) is 2.69. The van der Waals surface area contributed by atoms with Crippen molar-refractivity contribution in [1.29, 1.82) is 0 Å². The van der Waals surface area contributed by atoms with Gasteiger partial charge in [-0.3, -0.25) is 14.9 Å². The summed E-state index contributed by atoms with van der Waals surface area (Å²) in [4.78, 5) is 23.3. The third kappa shape index (κ3) is 3.52. The molecule has 0 aliphatic heterocycles. The molecule has 0 atom stereocenters. The third-order valence-corrected chi connectivity index (χ3v) is 4.19. The van der Waals surface area contributed by atoms with E-state index in [1.165, 1.54) is 30.5 Å². The van der Waals surface area contributed by atoms with E-state index in [1.54, 1.807) is 0 Å². The van der Waals surface area contributed by atoms with Gasteiger partial charge in [-0.25, -0.2) is 4.68 Å². The number of carbonyl (C=O) groups excluding carboxylic acids is 1. The molecule has 0 spiro atoms. The molecule has 8 heteroatoms. The van der Waals surface area contributed by atoms with Gasteiger partial charge in [-0.2, -0.15) is 5.10 Å². The minimum absolute atomic E-state index is 0.163. The summed E-state index contributed by atoms with van der Waals surface area (Å²) in [5, 5.41) is 16.0. The van der Waals surface area contributed by atoms with Crippen molar-refractivity contribution >= 4 is 22.4 Å². The van der Waals surface area contributed by atoms with E-state index in [-0.39, 0.29) is 11.3 Å². The van der Waals surface area contributed by atoms with Crippen LogP contribution in [-0.2, 0) is 7.05 Å². The van der Waals surface area contributed by atoms with Gasteiger partial charge in [0.25, 0.3) is 11.5 Å². The first-order valence-corrected chi connectivity index (χ1v) is 7.55. The molecule has 0 aromatic carbocycles. The molecule has 112 valence electrons. The molecular weight excluding hydrogens is 290 g/mol. The van der Waals surface area contributed by atoms with Crippen molar-refractivity contribution in [1.82, 2.24) is 20.0 Å². The van der Waals surface area contributed by atoms with Crippen molar-refractivity contribution < 1.29 is 4.79 Å². The molecule has 2 aromatic rings. The van der Waals surface area contributed by atoms with Crippen molar-refractivity contribution in [2.75, 3.05) is 5.32 Å². The average Bonchev–Trinajstić information content (AvgIpc) is 2.91. The fraction of sp³-hybridized carbons (Fsp3) is 0.462. The number of amides is 1. The highest BCUT2D eigenvalue weighted by atomic mass is 32.1. The van der Waals surface area contributed by atoms with Crippen LogP contribution in [0.1, 0.15) is 48.1 Å². The number of anilines is 1. The van der Waals surface area contributed by atoms with Crippen LogP contribution >= 0.6 is 11.3 Å². The lowest BCUT2D eigenvalue weighted by atomic mass is 10.1. The van der Waals surface area contributed by atoms with Gasteiger partial charge in [0.2, 0.25) is 5.13 Å². The minimum atomic E-state index is -0.405. The van der Waals surface area contributed by atoms with Crippen molar-refractivity contribution in [2.24, 2.45) is 7.05 Å². The Bertz CT molecular complexity index is 690. The lowest BCUT2D eigenvalue weighted by molar-refractivity contribution is 0.102. The number of nitrogens with zero attached hydrogens (tertiary/aromatic N) is 4. The molecule has 0 saturated heterocycles. The van der Waals surface area contributed by atoms with Crippen molar-refractivity contribution in [3.05, 3.63) is 33.2 Å². The molecule has 0 unspecified atom stereocenters. The van der Waals surface area contributed by atoms with E-state index in [1.807, 2.05) is 0 Å². The zero-order valence-electron chi connectivity index (χ0n) is 12.2. The van der Waals surface area contributed by atoms with Gasteiger partial charge in [0.05, 0.1) is 0 Å². The normalized spacial score (nSPS) is 10.9. The maximum Gasteiger partial charge on any atom is 0.277 e. The maximum absolute atomic E-state index is 12.0. The van der Waals surface area contributed by atoms with Gasteiger partial charge in [-0.1, -0.05) is 25.2 Å². The molecule has 7 nitrogen and oxygen atoms in total. The fourth-order valence-corrected chi connectivity index (χ4v) is 2.88. The Balaban J connectivity index is 2.12. The second-order valence-corrected chi connectivity index (χ2v) is 5.60. The van der Waals surface area contributed by atoms with Crippen molar-refractivity contribution in [3.8, 4) is 0 Å². The molecule has 0 aliphatic rings. The molecule has 1 N–H and O–H groups in total. The first-order chi connectivity index (χ1) is 10.0. The van der Waals surface area contributed by atoms with Crippen molar-refractivity contribution in [3.63, 3.8) is 0 Å². The molecule has 0 aliphatic carbocycles. The van der Waals surface area contributed by atoms with Crippen LogP contribution in [0, 0.1) is 0 Å². The predicted octanol–water partition coefficient (Wildman–Crippen LogP) is 1.79. The summed E-state index contributed by atoms with van der Waals surface area (Å²) in [6.45, 7) is 4.20. The quantitative estimate of drug-likeness (QED) is 0.909. The van der Waals surface area contributed by atoms with Crippen LogP contribution in [0.2, 0.25) is 0 Å². The average molecular weight is 307 g/mol. The third-order valence-electron chi connectivity index (χ3n) is 3.19. The zero-order valence-corrected chi connectivity index (χ0v) is 13.0. The Morgan fingerprint density at radius 1 is 1.33 bits per heavy atom. The first kappa shape index (κ1) is 15.3. The predicted molar refractivity (Wildman–Crippen MR) is 80.7 cm³/mol. The summed E-state index contributed by atoms with van der Waals surface area (Å²) >= 11 is 1.37. The highest BCUT2D eigenvalue weighted by Crippen LogP contribution is 2.28. The number of carbonyl (C=O) groups is 1. The number of hydrogen-bond acceptors (Lipinski definition) is 6. The second kappa shape index (κ2) is 6.57. The lowest BCUT2D eigenvalue weighted by Gasteiger charge is -2.05. The van der Waals surface area contributed by atoms with E-state index in [9.17, 15) is 9.59 Å². The van der Waals surface area contributed by atoms with E-state index in [0.717, 1.165) is 22.5 Å². The van der Waals surface area contributed by atoms with Gasteiger partial charge in [0.15, 0.2) is 0 Å². The summed E-state index contributed by atoms with van der Waals surface area (Å²) in [6.07, 6.45) is 1.98. The highest BCUT2D eigenvalue weighted by molar-refractivity contribution is 7.15. The maximum atomic E-state index is 12.0. The molecule has 1 amide bonds.